The Kier molecular flexibility index (Phi) is 5.34. The zero-order valence-electron chi connectivity index (χ0n) is 10.7. The molecular weight excluding hydrogens is 294 g/mol. The molecule has 1 aliphatic heterocycles. The van der Waals surface area contributed by atoms with E-state index in [0.717, 1.165) is 0 Å². The predicted octanol–water partition coefficient (Wildman–Crippen LogP) is -0.406. The number of aliphatic carboxylic acids is 1. The average molecular weight is 313 g/mol. The summed E-state index contributed by atoms with van der Waals surface area (Å²) in [5.41, 5.74) is 0. The van der Waals surface area contributed by atoms with Gasteiger partial charge in [-0.1, -0.05) is 13.3 Å². The van der Waals surface area contributed by atoms with Crippen LogP contribution in [0.1, 0.15) is 26.2 Å². The van der Waals surface area contributed by atoms with E-state index in [-0.39, 0.29) is 36.8 Å². The summed E-state index contributed by atoms with van der Waals surface area (Å²) in [6.07, 6.45) is 0.535. The summed E-state index contributed by atoms with van der Waals surface area (Å²) < 4.78 is 48.7. The molecule has 0 aromatic heterocycles. The minimum absolute atomic E-state index is 0.0294. The molecule has 1 rings (SSSR count). The van der Waals surface area contributed by atoms with Gasteiger partial charge in [0.05, 0.1) is 16.8 Å². The highest BCUT2D eigenvalue weighted by atomic mass is 32.2. The number of carboxylic acid groups (broad SMARTS) is 1. The molecule has 0 aromatic carbocycles. The molecule has 0 spiro atoms. The lowest BCUT2D eigenvalue weighted by Crippen LogP contribution is -2.38. The van der Waals surface area contributed by atoms with Crippen molar-refractivity contribution < 1.29 is 26.7 Å². The van der Waals surface area contributed by atoms with Gasteiger partial charge in [0.1, 0.15) is 0 Å². The van der Waals surface area contributed by atoms with Crippen LogP contribution >= 0.6 is 0 Å². The van der Waals surface area contributed by atoms with Crippen molar-refractivity contribution in [3.05, 3.63) is 0 Å². The standard InChI is InChI=1S/C10H19NO6S2/c1-2-8(5-10(12)13)6-11-19(16,17)9-3-4-18(14,15)7-9/h8-9,11H,2-7H2,1H3,(H,12,13). The maximum absolute atomic E-state index is 11.9. The molecule has 2 atom stereocenters. The first-order valence-corrected chi connectivity index (χ1v) is 9.43. The molecule has 7 nitrogen and oxygen atoms in total. The van der Waals surface area contributed by atoms with E-state index in [1.54, 1.807) is 6.92 Å². The van der Waals surface area contributed by atoms with Crippen LogP contribution in [0.4, 0.5) is 0 Å². The second-order valence-electron chi connectivity index (χ2n) is 4.79. The molecule has 1 fully saturated rings. The molecule has 1 saturated heterocycles. The van der Waals surface area contributed by atoms with Crippen LogP contribution in [0.15, 0.2) is 0 Å². The van der Waals surface area contributed by atoms with Gasteiger partial charge < -0.3 is 5.11 Å². The van der Waals surface area contributed by atoms with E-state index in [4.69, 9.17) is 5.11 Å². The van der Waals surface area contributed by atoms with E-state index < -0.39 is 31.1 Å². The number of carboxylic acids is 1. The van der Waals surface area contributed by atoms with Crippen LogP contribution in [-0.2, 0) is 24.7 Å². The van der Waals surface area contributed by atoms with Crippen molar-refractivity contribution in [2.24, 2.45) is 5.92 Å². The van der Waals surface area contributed by atoms with Crippen LogP contribution in [0, 0.1) is 5.92 Å². The van der Waals surface area contributed by atoms with Crippen molar-refractivity contribution in [2.45, 2.75) is 31.4 Å². The third kappa shape index (κ3) is 5.07. The van der Waals surface area contributed by atoms with E-state index in [2.05, 4.69) is 4.72 Å². The van der Waals surface area contributed by atoms with Crippen LogP contribution in [0.5, 0.6) is 0 Å². The second kappa shape index (κ2) is 6.19. The first-order valence-electron chi connectivity index (χ1n) is 6.07. The quantitative estimate of drug-likeness (QED) is 0.660. The highest BCUT2D eigenvalue weighted by Crippen LogP contribution is 2.18. The Morgan fingerprint density at radius 1 is 1.47 bits per heavy atom. The van der Waals surface area contributed by atoms with Crippen LogP contribution in [-0.4, -0.2) is 51.2 Å². The largest absolute Gasteiger partial charge is 0.481 e. The van der Waals surface area contributed by atoms with Crippen LogP contribution in [0.2, 0.25) is 0 Å². The van der Waals surface area contributed by atoms with Gasteiger partial charge in [-0.15, -0.1) is 0 Å². The molecule has 9 heteroatoms. The molecule has 1 heterocycles. The second-order valence-corrected chi connectivity index (χ2v) is 9.06. The van der Waals surface area contributed by atoms with Crippen LogP contribution in [0.25, 0.3) is 0 Å². The lowest BCUT2D eigenvalue weighted by Gasteiger charge is -2.16. The van der Waals surface area contributed by atoms with Crippen molar-refractivity contribution in [3.8, 4) is 0 Å². The summed E-state index contributed by atoms with van der Waals surface area (Å²) in [5, 5.41) is 7.75. The molecule has 1 aliphatic rings. The Bertz CT molecular complexity index is 524. The zero-order chi connectivity index (χ0) is 14.7. The van der Waals surface area contributed by atoms with Crippen LogP contribution < -0.4 is 4.72 Å². The Balaban J connectivity index is 2.58. The summed E-state index contributed by atoms with van der Waals surface area (Å²) in [5.74, 6) is -1.72. The molecule has 0 aliphatic carbocycles. The Morgan fingerprint density at radius 3 is 2.53 bits per heavy atom. The van der Waals surface area contributed by atoms with Crippen molar-refractivity contribution in [3.63, 3.8) is 0 Å². The molecule has 0 bridgehead atoms. The lowest BCUT2D eigenvalue weighted by molar-refractivity contribution is -0.138. The average Bonchev–Trinajstić information content (AvgIpc) is 2.65. The lowest BCUT2D eigenvalue weighted by atomic mass is 10.0. The third-order valence-electron chi connectivity index (χ3n) is 3.24. The van der Waals surface area contributed by atoms with Gasteiger partial charge in [0.25, 0.3) is 0 Å². The number of rotatable bonds is 7. The number of hydrogen-bond donors (Lipinski definition) is 2. The number of nitrogens with one attached hydrogen (secondary N) is 1. The van der Waals surface area contributed by atoms with E-state index in [0.29, 0.717) is 6.42 Å². The Morgan fingerprint density at radius 2 is 2.11 bits per heavy atom. The van der Waals surface area contributed by atoms with Gasteiger partial charge in [-0.05, 0) is 12.3 Å². The van der Waals surface area contributed by atoms with Gasteiger partial charge in [0.15, 0.2) is 9.84 Å². The Hall–Kier alpha value is -0.670. The van der Waals surface area contributed by atoms with Crippen molar-refractivity contribution in [1.82, 2.24) is 4.72 Å². The summed E-state index contributed by atoms with van der Waals surface area (Å²) in [6, 6.07) is 0. The number of hydrogen-bond acceptors (Lipinski definition) is 5. The number of sulfone groups is 1. The highest BCUT2D eigenvalue weighted by molar-refractivity contribution is 7.95. The topological polar surface area (TPSA) is 118 Å². The minimum atomic E-state index is -3.69. The number of carbonyl (C=O) groups is 1. The molecule has 0 saturated carbocycles. The maximum atomic E-state index is 11.9. The summed E-state index contributed by atoms with van der Waals surface area (Å²) in [7, 11) is -6.95. The molecule has 2 N–H and O–H groups in total. The normalized spacial score (nSPS) is 24.2. The van der Waals surface area contributed by atoms with E-state index in [1.165, 1.54) is 0 Å². The van der Waals surface area contributed by atoms with Crippen LogP contribution in [0.3, 0.4) is 0 Å². The van der Waals surface area contributed by atoms with Gasteiger partial charge in [-0.3, -0.25) is 4.79 Å². The fraction of sp³-hybridized carbons (Fsp3) is 0.900. The zero-order valence-corrected chi connectivity index (χ0v) is 12.3. The molecule has 0 aromatic rings. The number of sulfonamides is 1. The summed E-state index contributed by atoms with van der Waals surface area (Å²) in [4.78, 5) is 10.6. The maximum Gasteiger partial charge on any atom is 0.303 e. The van der Waals surface area contributed by atoms with E-state index in [1.807, 2.05) is 0 Å². The van der Waals surface area contributed by atoms with Gasteiger partial charge in [-0.25, -0.2) is 21.6 Å². The van der Waals surface area contributed by atoms with Crippen molar-refractivity contribution in [1.29, 1.82) is 0 Å². The molecular formula is C10H19NO6S2. The van der Waals surface area contributed by atoms with Gasteiger partial charge in [0.2, 0.25) is 10.0 Å². The van der Waals surface area contributed by atoms with Crippen molar-refractivity contribution in [2.75, 3.05) is 18.1 Å². The molecule has 0 amide bonds. The van der Waals surface area contributed by atoms with E-state index >= 15 is 0 Å². The third-order valence-corrected chi connectivity index (χ3v) is 7.07. The molecule has 2 unspecified atom stereocenters. The Labute approximate surface area is 113 Å². The summed E-state index contributed by atoms with van der Waals surface area (Å²) in [6.45, 7) is 1.81. The summed E-state index contributed by atoms with van der Waals surface area (Å²) >= 11 is 0. The molecule has 112 valence electrons. The van der Waals surface area contributed by atoms with Gasteiger partial charge in [-0.2, -0.15) is 0 Å². The van der Waals surface area contributed by atoms with Gasteiger partial charge in [0, 0.05) is 13.0 Å². The fourth-order valence-corrected chi connectivity index (χ4v) is 6.13. The smallest absolute Gasteiger partial charge is 0.303 e. The predicted molar refractivity (Wildman–Crippen MR) is 70.0 cm³/mol. The van der Waals surface area contributed by atoms with E-state index in [9.17, 15) is 21.6 Å². The highest BCUT2D eigenvalue weighted by Gasteiger charge is 2.37. The molecule has 19 heavy (non-hydrogen) atoms. The first-order chi connectivity index (χ1) is 8.66. The monoisotopic (exact) mass is 313 g/mol. The molecule has 0 radical (unpaired) electrons. The van der Waals surface area contributed by atoms with Crippen molar-refractivity contribution >= 4 is 25.8 Å². The SMILES string of the molecule is CCC(CNS(=O)(=O)C1CCS(=O)(=O)C1)CC(=O)O. The van der Waals surface area contributed by atoms with Gasteiger partial charge >= 0.3 is 5.97 Å². The first kappa shape index (κ1) is 16.4. The fourth-order valence-electron chi connectivity index (χ4n) is 1.97. The minimum Gasteiger partial charge on any atom is -0.481 e.